The van der Waals surface area contributed by atoms with Gasteiger partial charge in [0.05, 0.1) is 14.2 Å². The molecule has 2 heterocycles. The standard InChI is InChI=1S/C27H28N2O3/c1-30-24-10-8-21(9-11-24)25-18-22-16-20(17-26(31-2)27(22)32-25)19-28-12-14-29(15-13-28)23-6-4-3-5-7-23/h3-11,16-18H,12-15,19H2,1-2H3. The molecule has 0 N–H and O–H groups in total. The maximum atomic E-state index is 6.17. The number of hydrogen-bond donors (Lipinski definition) is 0. The number of ether oxygens (including phenoxy) is 2. The molecule has 1 saturated heterocycles. The lowest BCUT2D eigenvalue weighted by Gasteiger charge is -2.36. The van der Waals surface area contributed by atoms with Crippen LogP contribution in [0.2, 0.25) is 0 Å². The van der Waals surface area contributed by atoms with Gasteiger partial charge in [0.1, 0.15) is 11.5 Å². The van der Waals surface area contributed by atoms with Crippen molar-refractivity contribution in [1.82, 2.24) is 4.90 Å². The highest BCUT2D eigenvalue weighted by molar-refractivity contribution is 5.88. The van der Waals surface area contributed by atoms with E-state index in [-0.39, 0.29) is 0 Å². The van der Waals surface area contributed by atoms with Crippen molar-refractivity contribution in [3.63, 3.8) is 0 Å². The molecule has 3 aromatic carbocycles. The molecule has 0 bridgehead atoms. The summed E-state index contributed by atoms with van der Waals surface area (Å²) < 4.78 is 17.1. The fraction of sp³-hybridized carbons (Fsp3) is 0.259. The summed E-state index contributed by atoms with van der Waals surface area (Å²) >= 11 is 0. The Morgan fingerprint density at radius 2 is 1.56 bits per heavy atom. The second-order valence-corrected chi connectivity index (χ2v) is 8.15. The molecule has 5 nitrogen and oxygen atoms in total. The molecule has 4 aromatic rings. The lowest BCUT2D eigenvalue weighted by Crippen LogP contribution is -2.45. The molecule has 5 rings (SSSR count). The van der Waals surface area contributed by atoms with Gasteiger partial charge >= 0.3 is 0 Å². The number of fused-ring (bicyclic) bond motifs is 1. The van der Waals surface area contributed by atoms with E-state index in [1.54, 1.807) is 14.2 Å². The van der Waals surface area contributed by atoms with Crippen molar-refractivity contribution in [2.75, 3.05) is 45.3 Å². The van der Waals surface area contributed by atoms with Crippen LogP contribution in [-0.4, -0.2) is 45.3 Å². The van der Waals surface area contributed by atoms with Gasteiger partial charge in [-0.1, -0.05) is 18.2 Å². The van der Waals surface area contributed by atoms with Crippen molar-refractivity contribution in [2.45, 2.75) is 6.54 Å². The van der Waals surface area contributed by atoms with E-state index in [1.165, 1.54) is 11.3 Å². The molecule has 164 valence electrons. The number of methoxy groups -OCH3 is 2. The highest BCUT2D eigenvalue weighted by Crippen LogP contribution is 2.35. The molecule has 32 heavy (non-hydrogen) atoms. The van der Waals surface area contributed by atoms with Crippen LogP contribution in [0.3, 0.4) is 0 Å². The van der Waals surface area contributed by atoms with Crippen molar-refractivity contribution in [2.24, 2.45) is 0 Å². The first-order chi connectivity index (χ1) is 15.7. The number of benzene rings is 3. The minimum atomic E-state index is 0.778. The first-order valence-corrected chi connectivity index (χ1v) is 11.0. The number of piperazine rings is 1. The Labute approximate surface area is 188 Å². The zero-order valence-electron chi connectivity index (χ0n) is 18.6. The van der Waals surface area contributed by atoms with Gasteiger partial charge in [-0.05, 0) is 60.2 Å². The molecule has 0 amide bonds. The minimum Gasteiger partial charge on any atom is -0.497 e. The number of para-hydroxylation sites is 1. The van der Waals surface area contributed by atoms with Crippen LogP contribution in [0.4, 0.5) is 5.69 Å². The molecule has 0 atom stereocenters. The number of hydrogen-bond acceptors (Lipinski definition) is 5. The minimum absolute atomic E-state index is 0.778. The fourth-order valence-corrected chi connectivity index (χ4v) is 4.38. The summed E-state index contributed by atoms with van der Waals surface area (Å²) in [5, 5.41) is 1.06. The summed E-state index contributed by atoms with van der Waals surface area (Å²) in [6, 6.07) is 25.0. The van der Waals surface area contributed by atoms with Crippen LogP contribution in [0.5, 0.6) is 11.5 Å². The molecule has 1 aliphatic heterocycles. The highest BCUT2D eigenvalue weighted by Gasteiger charge is 2.19. The van der Waals surface area contributed by atoms with E-state index in [1.807, 2.05) is 24.3 Å². The molecule has 1 aliphatic rings. The second kappa shape index (κ2) is 8.97. The third-order valence-electron chi connectivity index (χ3n) is 6.14. The van der Waals surface area contributed by atoms with Crippen LogP contribution in [0.15, 0.2) is 77.2 Å². The summed E-state index contributed by atoms with van der Waals surface area (Å²) in [7, 11) is 3.37. The van der Waals surface area contributed by atoms with Crippen LogP contribution in [0.1, 0.15) is 5.56 Å². The molecule has 0 saturated carbocycles. The van der Waals surface area contributed by atoms with Gasteiger partial charge in [-0.15, -0.1) is 0 Å². The highest BCUT2D eigenvalue weighted by atomic mass is 16.5. The topological polar surface area (TPSA) is 38.1 Å². The smallest absolute Gasteiger partial charge is 0.176 e. The SMILES string of the molecule is COc1ccc(-c2cc3cc(CN4CCN(c5ccccc5)CC4)cc(OC)c3o2)cc1. The molecule has 0 spiro atoms. The molecule has 0 radical (unpaired) electrons. The van der Waals surface area contributed by atoms with Gasteiger partial charge in [-0.3, -0.25) is 4.90 Å². The Kier molecular flexibility index (Phi) is 5.73. The predicted molar refractivity (Wildman–Crippen MR) is 129 cm³/mol. The fourth-order valence-electron chi connectivity index (χ4n) is 4.38. The van der Waals surface area contributed by atoms with Crippen molar-refractivity contribution in [3.05, 3.63) is 78.4 Å². The predicted octanol–water partition coefficient (Wildman–Crippen LogP) is 5.44. The van der Waals surface area contributed by atoms with E-state index < -0.39 is 0 Å². The quantitative estimate of drug-likeness (QED) is 0.409. The van der Waals surface area contributed by atoms with Crippen molar-refractivity contribution in [1.29, 1.82) is 0 Å². The Hall–Kier alpha value is -3.44. The molecular weight excluding hydrogens is 400 g/mol. The Morgan fingerprint density at radius 3 is 2.25 bits per heavy atom. The largest absolute Gasteiger partial charge is 0.497 e. The first-order valence-electron chi connectivity index (χ1n) is 11.0. The molecule has 5 heteroatoms. The lowest BCUT2D eigenvalue weighted by molar-refractivity contribution is 0.249. The van der Waals surface area contributed by atoms with Gasteiger partial charge in [0.25, 0.3) is 0 Å². The van der Waals surface area contributed by atoms with Crippen molar-refractivity contribution < 1.29 is 13.9 Å². The van der Waals surface area contributed by atoms with Crippen LogP contribution in [0.25, 0.3) is 22.3 Å². The maximum Gasteiger partial charge on any atom is 0.176 e. The van der Waals surface area contributed by atoms with Gasteiger partial charge in [0.2, 0.25) is 0 Å². The van der Waals surface area contributed by atoms with Crippen LogP contribution in [-0.2, 0) is 6.54 Å². The molecule has 0 aliphatic carbocycles. The van der Waals surface area contributed by atoms with Crippen LogP contribution < -0.4 is 14.4 Å². The van der Waals surface area contributed by atoms with E-state index in [4.69, 9.17) is 13.9 Å². The van der Waals surface area contributed by atoms with Gasteiger partial charge in [0.15, 0.2) is 11.3 Å². The third-order valence-corrected chi connectivity index (χ3v) is 6.14. The average Bonchev–Trinajstić information content (AvgIpc) is 3.29. The molecular formula is C27H28N2O3. The third kappa shape index (κ3) is 4.16. The van der Waals surface area contributed by atoms with E-state index in [0.29, 0.717) is 0 Å². The summed E-state index contributed by atoms with van der Waals surface area (Å²) in [5.74, 6) is 2.44. The normalized spacial score (nSPS) is 14.6. The average molecular weight is 429 g/mol. The molecule has 0 unspecified atom stereocenters. The van der Waals surface area contributed by atoms with E-state index in [2.05, 4.69) is 58.3 Å². The lowest BCUT2D eigenvalue weighted by atomic mass is 10.1. The van der Waals surface area contributed by atoms with Crippen molar-refractivity contribution >= 4 is 16.7 Å². The van der Waals surface area contributed by atoms with Crippen LogP contribution in [0, 0.1) is 0 Å². The Morgan fingerprint density at radius 1 is 0.812 bits per heavy atom. The number of anilines is 1. The number of rotatable bonds is 6. The summed E-state index contributed by atoms with van der Waals surface area (Å²) in [6.45, 7) is 5.06. The zero-order chi connectivity index (χ0) is 21.9. The zero-order valence-corrected chi connectivity index (χ0v) is 18.6. The first kappa shape index (κ1) is 20.5. The van der Waals surface area contributed by atoms with E-state index in [0.717, 1.165) is 66.5 Å². The molecule has 1 aromatic heterocycles. The molecule has 1 fully saturated rings. The number of nitrogens with zero attached hydrogens (tertiary/aromatic N) is 2. The van der Waals surface area contributed by atoms with E-state index >= 15 is 0 Å². The summed E-state index contributed by atoms with van der Waals surface area (Å²) in [4.78, 5) is 4.96. The van der Waals surface area contributed by atoms with Crippen molar-refractivity contribution in [3.8, 4) is 22.8 Å². The van der Waals surface area contributed by atoms with Gasteiger partial charge in [0, 0.05) is 49.4 Å². The summed E-state index contributed by atoms with van der Waals surface area (Å²) in [6.07, 6.45) is 0. The van der Waals surface area contributed by atoms with E-state index in [9.17, 15) is 0 Å². The van der Waals surface area contributed by atoms with Gasteiger partial charge in [-0.2, -0.15) is 0 Å². The summed E-state index contributed by atoms with van der Waals surface area (Å²) in [5.41, 5.74) is 4.35. The Bertz CT molecular complexity index is 1180. The van der Waals surface area contributed by atoms with Gasteiger partial charge in [-0.25, -0.2) is 0 Å². The van der Waals surface area contributed by atoms with Crippen LogP contribution >= 0.6 is 0 Å². The second-order valence-electron chi connectivity index (χ2n) is 8.15. The monoisotopic (exact) mass is 428 g/mol. The number of furan rings is 1. The maximum absolute atomic E-state index is 6.17. The Balaban J connectivity index is 1.33. The van der Waals surface area contributed by atoms with Gasteiger partial charge < -0.3 is 18.8 Å².